The highest BCUT2D eigenvalue weighted by Crippen LogP contribution is 2.42. The number of rotatable bonds is 12. The first-order valence-corrected chi connectivity index (χ1v) is 28.5. The van der Waals surface area contributed by atoms with Gasteiger partial charge in [0.15, 0.2) is 29.1 Å². The van der Waals surface area contributed by atoms with Crippen molar-refractivity contribution in [1.29, 1.82) is 0 Å². The largest absolute Gasteiger partial charge is 0.278 e. The molecule has 398 valence electrons. The van der Waals surface area contributed by atoms with Crippen LogP contribution in [-0.2, 0) is 0 Å². The molecule has 85 heavy (non-hydrogen) atoms. The summed E-state index contributed by atoms with van der Waals surface area (Å²) in [5.74, 6) is 3.41. The molecule has 0 bridgehead atoms. The first kappa shape index (κ1) is 50.4. The molecule has 0 radical (unpaired) electrons. The van der Waals surface area contributed by atoms with Crippen molar-refractivity contribution in [1.82, 2.24) is 34.5 Å². The van der Waals surface area contributed by atoms with E-state index in [0.717, 1.165) is 116 Å². The zero-order valence-corrected chi connectivity index (χ0v) is 46.1. The lowest BCUT2D eigenvalue weighted by atomic mass is 9.93. The Morgan fingerprint density at radius 1 is 0.188 bits per heavy atom. The molecule has 0 saturated heterocycles. The Bertz CT molecular complexity index is 4800. The summed E-state index contributed by atoms with van der Waals surface area (Å²) in [5.41, 5.74) is 19.5. The van der Waals surface area contributed by atoms with Gasteiger partial charge in [-0.1, -0.05) is 255 Å². The van der Waals surface area contributed by atoms with Gasteiger partial charge in [-0.15, -0.1) is 0 Å². The molecule has 0 fully saturated rings. The summed E-state index contributed by atoms with van der Waals surface area (Å²) in [7, 11) is 0. The third kappa shape index (κ3) is 10.0. The van der Waals surface area contributed by atoms with Gasteiger partial charge in [-0.25, -0.2) is 19.9 Å². The van der Waals surface area contributed by atoms with Crippen LogP contribution in [0.1, 0.15) is 0 Å². The average molecular weight is 1090 g/mol. The monoisotopic (exact) mass is 1090 g/mol. The van der Waals surface area contributed by atoms with Crippen molar-refractivity contribution in [2.45, 2.75) is 0 Å². The van der Waals surface area contributed by atoms with Crippen LogP contribution < -0.4 is 0 Å². The van der Waals surface area contributed by atoms with Gasteiger partial charge in [-0.05, 0) is 121 Å². The van der Waals surface area contributed by atoms with Crippen molar-refractivity contribution >= 4 is 21.8 Å². The maximum Gasteiger partial charge on any atom is 0.238 e. The van der Waals surface area contributed by atoms with Gasteiger partial charge in [-0.3, -0.25) is 4.57 Å². The van der Waals surface area contributed by atoms with E-state index in [9.17, 15) is 0 Å². The van der Waals surface area contributed by atoms with Crippen molar-refractivity contribution in [2.24, 2.45) is 0 Å². The Morgan fingerprint density at radius 2 is 0.494 bits per heavy atom. The lowest BCUT2D eigenvalue weighted by Crippen LogP contribution is -2.06. The van der Waals surface area contributed by atoms with Gasteiger partial charge < -0.3 is 0 Å². The molecule has 15 aromatic rings. The molecular formula is C78H51N7. The number of hydrogen-bond donors (Lipinski definition) is 0. The van der Waals surface area contributed by atoms with Gasteiger partial charge in [0.05, 0.1) is 11.0 Å². The Balaban J connectivity index is 0.905. The first-order valence-electron chi connectivity index (χ1n) is 28.5. The molecule has 0 aliphatic heterocycles. The predicted octanol–water partition coefficient (Wildman–Crippen LogP) is 19.5. The number of hydrogen-bond acceptors (Lipinski definition) is 6. The van der Waals surface area contributed by atoms with Crippen LogP contribution in [-0.4, -0.2) is 34.5 Å². The Labute approximate surface area is 492 Å². The van der Waals surface area contributed by atoms with E-state index in [2.05, 4.69) is 247 Å². The Kier molecular flexibility index (Phi) is 13.1. The topological polar surface area (TPSA) is 82.3 Å². The highest BCUT2D eigenvalue weighted by Gasteiger charge is 2.22. The third-order valence-electron chi connectivity index (χ3n) is 15.7. The van der Waals surface area contributed by atoms with Gasteiger partial charge >= 0.3 is 0 Å². The minimum Gasteiger partial charge on any atom is -0.278 e. The molecule has 0 spiro atoms. The second-order valence-corrected chi connectivity index (χ2v) is 21.1. The van der Waals surface area contributed by atoms with Crippen molar-refractivity contribution < 1.29 is 0 Å². The summed E-state index contributed by atoms with van der Waals surface area (Å²) in [6.07, 6.45) is 0. The lowest BCUT2D eigenvalue weighted by Gasteiger charge is -2.13. The zero-order chi connectivity index (χ0) is 56.5. The lowest BCUT2D eigenvalue weighted by molar-refractivity contribution is 0.953. The maximum absolute atomic E-state index is 5.40. The van der Waals surface area contributed by atoms with Crippen LogP contribution in [0.25, 0.3) is 151 Å². The van der Waals surface area contributed by atoms with Gasteiger partial charge in [0.1, 0.15) is 0 Å². The van der Waals surface area contributed by atoms with Crippen LogP contribution in [0.15, 0.2) is 309 Å². The van der Waals surface area contributed by atoms with Crippen LogP contribution >= 0.6 is 0 Å². The first-order chi connectivity index (χ1) is 42.1. The van der Waals surface area contributed by atoms with E-state index >= 15 is 0 Å². The summed E-state index contributed by atoms with van der Waals surface area (Å²) in [6.45, 7) is 0. The molecule has 0 saturated carbocycles. The van der Waals surface area contributed by atoms with Crippen LogP contribution in [0.4, 0.5) is 0 Å². The van der Waals surface area contributed by atoms with E-state index in [1.165, 1.54) is 0 Å². The predicted molar refractivity (Wildman–Crippen MR) is 347 cm³/mol. The molecule has 3 aromatic heterocycles. The molecular weight excluding hydrogens is 1030 g/mol. The highest BCUT2D eigenvalue weighted by molar-refractivity contribution is 6.16. The molecule has 7 nitrogen and oxygen atoms in total. The molecule has 0 aliphatic carbocycles. The summed E-state index contributed by atoms with van der Waals surface area (Å²) < 4.78 is 2.19. The fraction of sp³-hybridized carbons (Fsp3) is 0. The Morgan fingerprint density at radius 3 is 0.941 bits per heavy atom. The standard InChI is InChI=1S/C78H51N7/c1-7-23-52(24-8-1)58-35-19-38-62(45-58)75-80-76(63-39-20-36-59(46-63)67-49-65(54-27-11-3-12-28-54)48-66(50-67)55-29-13-4-14-30-55)82-77(81-75)64-40-21-37-61(47-64)68-41-22-42-71-72(68)69-51-60(53-25-9-2-10-26-53)43-44-70(69)85(71)78-83-73(56-31-15-5-16-32-56)79-74(84-78)57-33-17-6-18-34-57/h1-51H. The highest BCUT2D eigenvalue weighted by atomic mass is 15.2. The average Bonchev–Trinajstić information content (AvgIpc) is 1.77. The van der Waals surface area contributed by atoms with E-state index in [1.807, 2.05) is 66.7 Å². The summed E-state index contributed by atoms with van der Waals surface area (Å²) >= 11 is 0. The van der Waals surface area contributed by atoms with Crippen LogP contribution in [0.3, 0.4) is 0 Å². The van der Waals surface area contributed by atoms with E-state index in [-0.39, 0.29) is 0 Å². The van der Waals surface area contributed by atoms with E-state index in [1.54, 1.807) is 0 Å². The van der Waals surface area contributed by atoms with Crippen molar-refractivity contribution in [3.8, 4) is 130 Å². The number of fused-ring (bicyclic) bond motifs is 3. The van der Waals surface area contributed by atoms with E-state index in [4.69, 9.17) is 29.9 Å². The van der Waals surface area contributed by atoms with Crippen molar-refractivity contribution in [3.05, 3.63) is 309 Å². The van der Waals surface area contributed by atoms with Gasteiger partial charge in [0, 0.05) is 38.6 Å². The van der Waals surface area contributed by atoms with Gasteiger partial charge in [0.2, 0.25) is 5.95 Å². The smallest absolute Gasteiger partial charge is 0.238 e. The third-order valence-corrected chi connectivity index (χ3v) is 15.7. The summed E-state index contributed by atoms with van der Waals surface area (Å²) in [5, 5.41) is 2.13. The second kappa shape index (κ2) is 22.1. The molecule has 0 amide bonds. The number of benzene rings is 12. The SMILES string of the molecule is c1ccc(-c2cc(-c3ccccc3)cc(-c3cccc(-c4nc(-c5cccc(-c6ccccc6)c5)nc(-c5cccc(-c6cccc7c6c6cc(-c8ccccc8)ccc6n7-c6nc(-c7ccccc7)nc(-c7ccccc7)n6)c5)n4)c3)c2)cc1. The molecule has 15 rings (SSSR count). The second-order valence-electron chi connectivity index (χ2n) is 21.1. The normalized spacial score (nSPS) is 11.3. The molecule has 7 heteroatoms. The quantitative estimate of drug-likeness (QED) is 0.121. The van der Waals surface area contributed by atoms with E-state index in [0.29, 0.717) is 35.1 Å². The molecule has 0 unspecified atom stereocenters. The molecule has 0 aliphatic rings. The van der Waals surface area contributed by atoms with Crippen molar-refractivity contribution in [2.75, 3.05) is 0 Å². The fourth-order valence-corrected chi connectivity index (χ4v) is 11.5. The van der Waals surface area contributed by atoms with Gasteiger partial charge in [0.25, 0.3) is 0 Å². The van der Waals surface area contributed by atoms with Crippen LogP contribution in [0, 0.1) is 0 Å². The van der Waals surface area contributed by atoms with Crippen LogP contribution in [0.2, 0.25) is 0 Å². The number of nitrogens with zero attached hydrogens (tertiary/aromatic N) is 7. The van der Waals surface area contributed by atoms with E-state index < -0.39 is 0 Å². The molecule has 12 aromatic carbocycles. The van der Waals surface area contributed by atoms with Gasteiger partial charge in [-0.2, -0.15) is 9.97 Å². The Hall–Kier alpha value is -11.5. The fourth-order valence-electron chi connectivity index (χ4n) is 11.5. The molecule has 0 N–H and O–H groups in total. The van der Waals surface area contributed by atoms with Crippen molar-refractivity contribution in [3.63, 3.8) is 0 Å². The summed E-state index contributed by atoms with van der Waals surface area (Å²) in [4.78, 5) is 31.7. The zero-order valence-electron chi connectivity index (χ0n) is 46.1. The molecule has 0 atom stereocenters. The number of aromatic nitrogens is 7. The molecule has 3 heterocycles. The maximum atomic E-state index is 5.40. The minimum atomic E-state index is 0.525. The summed E-state index contributed by atoms with van der Waals surface area (Å²) in [6, 6.07) is 108. The minimum absolute atomic E-state index is 0.525. The van der Waals surface area contributed by atoms with Crippen LogP contribution in [0.5, 0.6) is 0 Å².